The standard InChI is InChI=1S/C21H25N5OS/c22-20-19(28(27)25-13-10-15-6-4-5-7-16(15)14-25)18-21(24-12-11-23-18)26(20)17-8-2-1-3-9-17/h4-7,11-12,17H,1-3,8-10,13-14,22H2. The Labute approximate surface area is 167 Å². The van der Waals surface area contributed by atoms with Crippen molar-refractivity contribution in [1.29, 1.82) is 0 Å². The second kappa shape index (κ2) is 7.29. The maximum atomic E-state index is 13.6. The molecule has 6 nitrogen and oxygen atoms in total. The van der Waals surface area contributed by atoms with E-state index in [1.807, 2.05) is 10.4 Å². The van der Waals surface area contributed by atoms with Crippen LogP contribution in [0.5, 0.6) is 0 Å². The predicted octanol–water partition coefficient (Wildman–Crippen LogP) is 3.60. The number of aromatic nitrogens is 3. The normalized spacial score (nSPS) is 19.6. The highest BCUT2D eigenvalue weighted by atomic mass is 32.2. The number of nitrogen functional groups attached to an aromatic ring is 1. The highest BCUT2D eigenvalue weighted by Crippen LogP contribution is 2.38. The third-order valence-electron chi connectivity index (χ3n) is 6.06. The number of anilines is 1. The van der Waals surface area contributed by atoms with Crippen molar-refractivity contribution in [3.63, 3.8) is 0 Å². The Morgan fingerprint density at radius 3 is 2.61 bits per heavy atom. The maximum absolute atomic E-state index is 13.6. The second-order valence-electron chi connectivity index (χ2n) is 7.74. The molecule has 0 bridgehead atoms. The first kappa shape index (κ1) is 17.8. The van der Waals surface area contributed by atoms with Crippen LogP contribution in [0.2, 0.25) is 0 Å². The summed E-state index contributed by atoms with van der Waals surface area (Å²) in [4.78, 5) is 9.74. The van der Waals surface area contributed by atoms with Crippen molar-refractivity contribution < 1.29 is 4.21 Å². The number of nitrogens with two attached hydrogens (primary N) is 1. The molecule has 2 aliphatic rings. The minimum atomic E-state index is -1.36. The van der Waals surface area contributed by atoms with Crippen molar-refractivity contribution >= 4 is 28.0 Å². The summed E-state index contributed by atoms with van der Waals surface area (Å²) in [5, 5.41) is 0. The SMILES string of the molecule is Nc1c(S(=O)N2CCc3ccccc3C2)c2nccnc2n1C1CCCCC1. The lowest BCUT2D eigenvalue weighted by atomic mass is 9.95. The van der Waals surface area contributed by atoms with Crippen LogP contribution in [-0.2, 0) is 24.0 Å². The molecule has 1 aliphatic heterocycles. The molecular weight excluding hydrogens is 370 g/mol. The fourth-order valence-electron chi connectivity index (χ4n) is 4.63. The lowest BCUT2D eigenvalue weighted by molar-refractivity contribution is 0.362. The van der Waals surface area contributed by atoms with E-state index < -0.39 is 11.0 Å². The second-order valence-corrected chi connectivity index (χ2v) is 9.16. The van der Waals surface area contributed by atoms with Gasteiger partial charge in [-0.15, -0.1) is 0 Å². The van der Waals surface area contributed by atoms with Gasteiger partial charge in [-0.2, -0.15) is 0 Å². The van der Waals surface area contributed by atoms with Gasteiger partial charge in [-0.25, -0.2) is 18.5 Å². The van der Waals surface area contributed by atoms with Gasteiger partial charge in [-0.05, 0) is 30.4 Å². The zero-order valence-electron chi connectivity index (χ0n) is 15.9. The van der Waals surface area contributed by atoms with Gasteiger partial charge in [-0.1, -0.05) is 43.5 Å². The summed E-state index contributed by atoms with van der Waals surface area (Å²) in [6.45, 7) is 1.41. The van der Waals surface area contributed by atoms with Gasteiger partial charge in [0.1, 0.15) is 27.2 Å². The molecule has 1 atom stereocenters. The smallest absolute Gasteiger partial charge is 0.161 e. The first-order valence-electron chi connectivity index (χ1n) is 10.1. The van der Waals surface area contributed by atoms with Crippen molar-refractivity contribution in [2.45, 2.75) is 56.0 Å². The van der Waals surface area contributed by atoms with Crippen molar-refractivity contribution in [2.75, 3.05) is 12.3 Å². The van der Waals surface area contributed by atoms with E-state index in [0.717, 1.165) is 31.5 Å². The molecule has 1 aromatic carbocycles. The molecule has 3 aromatic rings. The fraction of sp³-hybridized carbons (Fsp3) is 0.429. The van der Waals surface area contributed by atoms with Crippen molar-refractivity contribution in [1.82, 2.24) is 18.8 Å². The summed E-state index contributed by atoms with van der Waals surface area (Å²) in [6, 6.07) is 8.70. The Morgan fingerprint density at radius 1 is 1.04 bits per heavy atom. The number of rotatable bonds is 3. The van der Waals surface area contributed by atoms with Crippen LogP contribution in [0.15, 0.2) is 41.6 Å². The van der Waals surface area contributed by atoms with Gasteiger partial charge in [0.15, 0.2) is 5.65 Å². The lowest BCUT2D eigenvalue weighted by Gasteiger charge is -2.28. The number of hydrogen-bond acceptors (Lipinski definition) is 4. The topological polar surface area (TPSA) is 77.0 Å². The molecular formula is C21H25N5OS. The molecule has 28 heavy (non-hydrogen) atoms. The van der Waals surface area contributed by atoms with Gasteiger partial charge in [0.25, 0.3) is 0 Å². The monoisotopic (exact) mass is 395 g/mol. The first-order chi connectivity index (χ1) is 13.7. The zero-order valence-corrected chi connectivity index (χ0v) is 16.7. The minimum absolute atomic E-state index is 0.320. The molecule has 1 unspecified atom stereocenters. The zero-order chi connectivity index (χ0) is 19.1. The molecule has 7 heteroatoms. The van der Waals surface area contributed by atoms with E-state index in [1.54, 1.807) is 12.4 Å². The van der Waals surface area contributed by atoms with Crippen LogP contribution in [0.3, 0.4) is 0 Å². The van der Waals surface area contributed by atoms with E-state index in [2.05, 4.69) is 32.7 Å². The van der Waals surface area contributed by atoms with Gasteiger partial charge in [-0.3, -0.25) is 0 Å². The van der Waals surface area contributed by atoms with Crippen molar-refractivity contribution in [3.8, 4) is 0 Å². The number of nitrogens with zero attached hydrogens (tertiary/aromatic N) is 4. The van der Waals surface area contributed by atoms with E-state index >= 15 is 0 Å². The summed E-state index contributed by atoms with van der Waals surface area (Å²) in [7, 11) is -1.36. The Kier molecular flexibility index (Phi) is 4.64. The van der Waals surface area contributed by atoms with E-state index in [4.69, 9.17) is 5.73 Å². The third kappa shape index (κ3) is 2.93. The van der Waals surface area contributed by atoms with Crippen molar-refractivity contribution in [3.05, 3.63) is 47.8 Å². The predicted molar refractivity (Wildman–Crippen MR) is 111 cm³/mol. The lowest BCUT2D eigenvalue weighted by Crippen LogP contribution is -2.32. The molecule has 0 saturated heterocycles. The minimum Gasteiger partial charge on any atom is -0.384 e. The highest BCUT2D eigenvalue weighted by Gasteiger charge is 2.30. The molecule has 1 fully saturated rings. The Hall–Kier alpha value is -2.25. The van der Waals surface area contributed by atoms with Gasteiger partial charge in [0.05, 0.1) is 0 Å². The Morgan fingerprint density at radius 2 is 1.79 bits per heavy atom. The molecule has 0 radical (unpaired) electrons. The van der Waals surface area contributed by atoms with Crippen LogP contribution < -0.4 is 5.73 Å². The summed E-state index contributed by atoms with van der Waals surface area (Å²) >= 11 is 0. The third-order valence-corrected chi connectivity index (χ3v) is 7.59. The molecule has 1 saturated carbocycles. The van der Waals surface area contributed by atoms with E-state index in [0.29, 0.717) is 28.8 Å². The van der Waals surface area contributed by atoms with Crippen LogP contribution in [0.4, 0.5) is 5.82 Å². The molecule has 0 amide bonds. The van der Waals surface area contributed by atoms with Crippen LogP contribution >= 0.6 is 0 Å². The molecule has 5 rings (SSSR count). The summed E-state index contributed by atoms with van der Waals surface area (Å²) < 4.78 is 17.7. The number of fused-ring (bicyclic) bond motifs is 2. The number of benzene rings is 1. The average molecular weight is 396 g/mol. The first-order valence-corrected chi connectivity index (χ1v) is 11.2. The van der Waals surface area contributed by atoms with E-state index in [-0.39, 0.29) is 0 Å². The molecule has 1 aliphatic carbocycles. The van der Waals surface area contributed by atoms with Crippen LogP contribution in [0.25, 0.3) is 11.2 Å². The summed E-state index contributed by atoms with van der Waals surface area (Å²) in [6.07, 6.45) is 10.1. The van der Waals surface area contributed by atoms with Gasteiger partial charge < -0.3 is 10.3 Å². The Bertz CT molecular complexity index is 1040. The summed E-state index contributed by atoms with van der Waals surface area (Å²) in [5.74, 6) is 0.574. The summed E-state index contributed by atoms with van der Waals surface area (Å²) in [5.41, 5.74) is 10.6. The molecule has 2 aromatic heterocycles. The van der Waals surface area contributed by atoms with Crippen molar-refractivity contribution in [2.24, 2.45) is 0 Å². The van der Waals surface area contributed by atoms with E-state index in [1.165, 1.54) is 30.4 Å². The van der Waals surface area contributed by atoms with Crippen LogP contribution in [-0.4, -0.2) is 29.6 Å². The molecule has 146 valence electrons. The highest BCUT2D eigenvalue weighted by molar-refractivity contribution is 7.83. The molecule has 2 N–H and O–H groups in total. The largest absolute Gasteiger partial charge is 0.384 e. The van der Waals surface area contributed by atoms with E-state index in [9.17, 15) is 4.21 Å². The number of hydrogen-bond donors (Lipinski definition) is 1. The van der Waals surface area contributed by atoms with Crippen LogP contribution in [0.1, 0.15) is 49.3 Å². The fourth-order valence-corrected chi connectivity index (χ4v) is 5.99. The average Bonchev–Trinajstić information content (AvgIpc) is 3.05. The molecule has 3 heterocycles. The van der Waals surface area contributed by atoms with Gasteiger partial charge in [0.2, 0.25) is 0 Å². The quantitative estimate of drug-likeness (QED) is 0.735. The maximum Gasteiger partial charge on any atom is 0.161 e. The van der Waals surface area contributed by atoms with Crippen LogP contribution in [0, 0.1) is 0 Å². The van der Waals surface area contributed by atoms with Gasteiger partial charge in [0, 0.05) is 31.5 Å². The van der Waals surface area contributed by atoms with Gasteiger partial charge >= 0.3 is 0 Å². The Balaban J connectivity index is 1.56. The molecule has 0 spiro atoms.